The Morgan fingerprint density at radius 1 is 0.571 bits per heavy atom. The molecule has 4 rings (SSSR count). The molecule has 0 bridgehead atoms. The highest BCUT2D eigenvalue weighted by atomic mass is 35.6. The van der Waals surface area contributed by atoms with Gasteiger partial charge in [0.05, 0.1) is 0 Å². The third-order valence-electron chi connectivity index (χ3n) is 5.51. The number of hydrogen-bond donors (Lipinski definition) is 0. The number of benzene rings is 2. The molecule has 2 aliphatic carbocycles. The first-order chi connectivity index (χ1) is 13.2. The molecule has 2 aliphatic rings. The Morgan fingerprint density at radius 2 is 0.929 bits per heavy atom. The molecule has 0 nitrogen and oxygen atoms in total. The van der Waals surface area contributed by atoms with Gasteiger partial charge in [-0.3, -0.25) is 0 Å². The van der Waals surface area contributed by atoms with Gasteiger partial charge < -0.3 is 0 Å². The lowest BCUT2D eigenvalue weighted by Gasteiger charge is -2.26. The number of rotatable bonds is 3. The average molecular weight is 493 g/mol. The summed E-state index contributed by atoms with van der Waals surface area (Å²) < 4.78 is -2.91. The summed E-state index contributed by atoms with van der Waals surface area (Å²) in [6.07, 6.45) is 5.55. The van der Waals surface area contributed by atoms with Gasteiger partial charge in [-0.05, 0) is 46.2 Å². The molecule has 0 heterocycles. The van der Waals surface area contributed by atoms with Crippen molar-refractivity contribution < 1.29 is 0 Å². The van der Waals surface area contributed by atoms with Crippen molar-refractivity contribution in [2.75, 3.05) is 0 Å². The maximum atomic E-state index is 6.29. The minimum atomic E-state index is -1.45. The lowest BCUT2D eigenvalue weighted by molar-refractivity contribution is 0.603. The van der Waals surface area contributed by atoms with Gasteiger partial charge in [-0.25, -0.2) is 0 Å². The number of hydrogen-bond acceptors (Lipinski definition) is 0. The largest absolute Gasteiger partial charge is 0.213 e. The van der Waals surface area contributed by atoms with Crippen LogP contribution < -0.4 is 0 Å². The Hall–Kier alpha value is -0.340. The molecule has 2 unspecified atom stereocenters. The van der Waals surface area contributed by atoms with Crippen LogP contribution >= 0.6 is 69.6 Å². The van der Waals surface area contributed by atoms with E-state index in [1.54, 1.807) is 0 Å². The van der Waals surface area contributed by atoms with E-state index in [4.69, 9.17) is 69.6 Å². The van der Waals surface area contributed by atoms with Gasteiger partial charge in [0.15, 0.2) is 0 Å². The summed E-state index contributed by atoms with van der Waals surface area (Å²) in [5.74, 6) is 0.0428. The zero-order chi connectivity index (χ0) is 20.1. The molecule has 2 aromatic rings. The average Bonchev–Trinajstić information content (AvgIpc) is 3.18. The van der Waals surface area contributed by atoms with Crippen molar-refractivity contribution in [1.29, 1.82) is 0 Å². The monoisotopic (exact) mass is 490 g/mol. The Kier molecular flexibility index (Phi) is 5.77. The van der Waals surface area contributed by atoms with Crippen LogP contribution in [0.1, 0.15) is 46.9 Å². The first-order valence-corrected chi connectivity index (χ1v) is 11.2. The van der Waals surface area contributed by atoms with Crippen molar-refractivity contribution in [2.24, 2.45) is 0 Å². The highest BCUT2D eigenvalue weighted by Gasteiger charge is 2.40. The first kappa shape index (κ1) is 20.9. The third-order valence-corrected chi connectivity index (χ3v) is 6.82. The van der Waals surface area contributed by atoms with Crippen LogP contribution in [0.3, 0.4) is 0 Å². The fourth-order valence-corrected chi connectivity index (χ4v) is 5.42. The SMILES string of the molecule is ClC(Cl)(Cl)C1=Cc2ccccc2C1CCC1C(C(Cl)(Cl)Cl)=Cc2ccccc21. The highest BCUT2D eigenvalue weighted by Crippen LogP contribution is 2.54. The van der Waals surface area contributed by atoms with E-state index < -0.39 is 7.59 Å². The molecule has 0 aromatic heterocycles. The van der Waals surface area contributed by atoms with Crippen LogP contribution in [0.2, 0.25) is 0 Å². The predicted molar refractivity (Wildman–Crippen MR) is 124 cm³/mol. The maximum Gasteiger partial charge on any atom is 0.213 e. The zero-order valence-electron chi connectivity index (χ0n) is 14.6. The van der Waals surface area contributed by atoms with E-state index in [2.05, 4.69) is 12.1 Å². The Balaban J connectivity index is 1.64. The third kappa shape index (κ3) is 3.97. The van der Waals surface area contributed by atoms with Crippen LogP contribution in [0.5, 0.6) is 0 Å². The van der Waals surface area contributed by atoms with Crippen molar-refractivity contribution >= 4 is 81.8 Å². The Bertz CT molecular complexity index is 882. The van der Waals surface area contributed by atoms with Crippen LogP contribution in [0.25, 0.3) is 12.2 Å². The molecular formula is C22H16Cl6. The Morgan fingerprint density at radius 3 is 1.29 bits per heavy atom. The van der Waals surface area contributed by atoms with Crippen LogP contribution in [0, 0.1) is 0 Å². The Labute approximate surface area is 195 Å². The zero-order valence-corrected chi connectivity index (χ0v) is 19.1. The van der Waals surface area contributed by atoms with Gasteiger partial charge >= 0.3 is 0 Å². The highest BCUT2D eigenvalue weighted by molar-refractivity contribution is 6.70. The molecule has 0 saturated carbocycles. The van der Waals surface area contributed by atoms with Crippen molar-refractivity contribution in [2.45, 2.75) is 32.3 Å². The van der Waals surface area contributed by atoms with E-state index in [9.17, 15) is 0 Å². The second-order valence-corrected chi connectivity index (χ2v) is 11.7. The molecule has 0 saturated heterocycles. The quantitative estimate of drug-likeness (QED) is 0.375. The maximum absolute atomic E-state index is 6.29. The number of halogens is 6. The summed E-state index contributed by atoms with van der Waals surface area (Å²) >= 11 is 37.7. The van der Waals surface area contributed by atoms with E-state index in [1.807, 2.05) is 48.6 Å². The van der Waals surface area contributed by atoms with Gasteiger partial charge in [-0.1, -0.05) is 130 Å². The summed E-state index contributed by atoms with van der Waals surface area (Å²) in [6.45, 7) is 0. The minimum Gasteiger partial charge on any atom is -0.0788 e. The van der Waals surface area contributed by atoms with Crippen molar-refractivity contribution in [1.82, 2.24) is 0 Å². The summed E-state index contributed by atoms with van der Waals surface area (Å²) in [4.78, 5) is 0. The van der Waals surface area contributed by atoms with Crippen LogP contribution in [-0.2, 0) is 0 Å². The van der Waals surface area contributed by atoms with Gasteiger partial charge in [0, 0.05) is 11.8 Å². The summed E-state index contributed by atoms with van der Waals surface area (Å²) in [6, 6.07) is 16.3. The molecule has 6 heteroatoms. The van der Waals surface area contributed by atoms with Gasteiger partial charge in [0.1, 0.15) is 0 Å². The second kappa shape index (κ2) is 7.73. The van der Waals surface area contributed by atoms with E-state index in [0.717, 1.165) is 35.1 Å². The van der Waals surface area contributed by atoms with Gasteiger partial charge in [-0.15, -0.1) is 0 Å². The van der Waals surface area contributed by atoms with Crippen molar-refractivity contribution in [3.8, 4) is 0 Å². The molecule has 2 atom stereocenters. The number of fused-ring (bicyclic) bond motifs is 2. The predicted octanol–water partition coefficient (Wildman–Crippen LogP) is 8.87. The van der Waals surface area contributed by atoms with Crippen LogP contribution in [-0.4, -0.2) is 7.59 Å². The topological polar surface area (TPSA) is 0 Å². The van der Waals surface area contributed by atoms with Crippen LogP contribution in [0.15, 0.2) is 59.7 Å². The van der Waals surface area contributed by atoms with E-state index in [-0.39, 0.29) is 11.8 Å². The number of allylic oxidation sites excluding steroid dienone is 2. The van der Waals surface area contributed by atoms with Gasteiger partial charge in [-0.2, -0.15) is 0 Å². The van der Waals surface area contributed by atoms with Crippen molar-refractivity contribution in [3.05, 3.63) is 81.9 Å². The first-order valence-electron chi connectivity index (χ1n) is 8.91. The molecule has 0 aliphatic heterocycles. The minimum absolute atomic E-state index is 0.0214. The van der Waals surface area contributed by atoms with E-state index in [1.165, 1.54) is 11.1 Å². The molecule has 0 radical (unpaired) electrons. The second-order valence-electron chi connectivity index (χ2n) is 7.14. The summed E-state index contributed by atoms with van der Waals surface area (Å²) in [5.41, 5.74) is 6.13. The summed E-state index contributed by atoms with van der Waals surface area (Å²) in [5, 5.41) is 0. The summed E-state index contributed by atoms with van der Waals surface area (Å²) in [7, 11) is 0. The molecular weight excluding hydrogens is 477 g/mol. The standard InChI is InChI=1S/C22H16Cl6/c23-21(24,25)19-11-13-5-1-3-7-15(13)17(19)9-10-18-16-8-4-2-6-14(16)12-20(18)22(26,27)28/h1-8,11-12,17-18H,9-10H2. The fraction of sp³-hybridized carbons (Fsp3) is 0.273. The van der Waals surface area contributed by atoms with Crippen LogP contribution in [0.4, 0.5) is 0 Å². The normalized spacial score (nSPS) is 21.2. The van der Waals surface area contributed by atoms with Gasteiger partial charge in [0.25, 0.3) is 0 Å². The lowest BCUT2D eigenvalue weighted by atomic mass is 9.84. The molecule has 0 amide bonds. The smallest absolute Gasteiger partial charge is 0.0788 e. The molecule has 0 spiro atoms. The number of alkyl halides is 6. The van der Waals surface area contributed by atoms with E-state index >= 15 is 0 Å². The molecule has 0 N–H and O–H groups in total. The van der Waals surface area contributed by atoms with Gasteiger partial charge in [0.2, 0.25) is 7.59 Å². The lowest BCUT2D eigenvalue weighted by Crippen LogP contribution is -2.16. The fourth-order valence-electron chi connectivity index (χ4n) is 4.30. The molecule has 146 valence electrons. The van der Waals surface area contributed by atoms with Crippen molar-refractivity contribution in [3.63, 3.8) is 0 Å². The molecule has 2 aromatic carbocycles. The molecule has 0 fully saturated rings. The molecule has 28 heavy (non-hydrogen) atoms. The van der Waals surface area contributed by atoms with E-state index in [0.29, 0.717) is 0 Å².